The number of nitrogens with two attached hydrogens (primary N) is 1. The molecule has 1 aromatic rings. The molecule has 2 rings (SSSR count). The van der Waals surface area contributed by atoms with Gasteiger partial charge < -0.3 is 15.5 Å². The summed E-state index contributed by atoms with van der Waals surface area (Å²) >= 11 is 0. The lowest BCUT2D eigenvalue weighted by Gasteiger charge is -2.19. The van der Waals surface area contributed by atoms with Gasteiger partial charge in [0.05, 0.1) is 0 Å². The van der Waals surface area contributed by atoms with Crippen molar-refractivity contribution in [2.45, 2.75) is 25.7 Å². The molecule has 1 unspecified atom stereocenters. The van der Waals surface area contributed by atoms with Crippen LogP contribution in [0.5, 0.6) is 0 Å². The molecule has 0 aromatic carbocycles. The molecule has 25 heavy (non-hydrogen) atoms. The largest absolute Gasteiger partial charge is 0.364 e. The number of hydrogen-bond acceptors (Lipinski definition) is 5. The summed E-state index contributed by atoms with van der Waals surface area (Å²) in [7, 11) is 3.95. The average Bonchev–Trinajstić information content (AvgIpc) is 2.80. The lowest BCUT2D eigenvalue weighted by atomic mass is 9.95. The Bertz CT molecular complexity index is 630. The minimum atomic E-state index is -0.536. The Hall–Kier alpha value is -2.28. The van der Waals surface area contributed by atoms with E-state index >= 15 is 0 Å². The maximum absolute atomic E-state index is 12.3. The van der Waals surface area contributed by atoms with Crippen LogP contribution >= 0.6 is 0 Å². The van der Waals surface area contributed by atoms with E-state index in [0.29, 0.717) is 5.92 Å². The third-order valence-electron chi connectivity index (χ3n) is 4.36. The minimum absolute atomic E-state index is 0.0838. The highest BCUT2D eigenvalue weighted by Gasteiger charge is 2.20. The van der Waals surface area contributed by atoms with E-state index in [0.717, 1.165) is 51.0 Å². The fourth-order valence-corrected chi connectivity index (χ4v) is 3.00. The first-order chi connectivity index (χ1) is 12.0. The zero-order valence-electron chi connectivity index (χ0n) is 15.0. The first-order valence-electron chi connectivity index (χ1n) is 8.66. The van der Waals surface area contributed by atoms with E-state index in [4.69, 9.17) is 5.73 Å². The van der Waals surface area contributed by atoms with Crippen molar-refractivity contribution in [2.24, 2.45) is 11.7 Å². The number of carbonyl (C=O) groups excluding carboxylic acids is 2. The lowest BCUT2D eigenvalue weighted by Crippen LogP contribution is -2.30. The molecular weight excluding hydrogens is 318 g/mol. The molecule has 7 nitrogen and oxygen atoms in total. The smallest absolute Gasteiger partial charge is 0.267 e. The SMILES string of the molecule is CN(C)C/C=C/C(=O)N1CCCC(Cc2cc(C(N)=O)ncn2)CC1. The van der Waals surface area contributed by atoms with Crippen LogP contribution in [0.2, 0.25) is 0 Å². The highest BCUT2D eigenvalue weighted by Crippen LogP contribution is 2.21. The van der Waals surface area contributed by atoms with Gasteiger partial charge in [-0.2, -0.15) is 0 Å². The van der Waals surface area contributed by atoms with Crippen LogP contribution in [0.4, 0.5) is 0 Å². The molecule has 0 radical (unpaired) electrons. The second-order valence-electron chi connectivity index (χ2n) is 6.75. The molecule has 0 aliphatic carbocycles. The van der Waals surface area contributed by atoms with Gasteiger partial charge in [-0.15, -0.1) is 0 Å². The van der Waals surface area contributed by atoms with Crippen LogP contribution in [0.1, 0.15) is 35.4 Å². The second-order valence-corrected chi connectivity index (χ2v) is 6.75. The standard InChI is InChI=1S/C18H27N5O2/c1-22(2)8-4-6-17(24)23-9-3-5-14(7-10-23)11-15-12-16(18(19)25)21-13-20-15/h4,6,12-14H,3,5,7-11H2,1-2H3,(H2,19,25)/b6-4+. The number of carbonyl (C=O) groups is 2. The molecule has 2 heterocycles. The Balaban J connectivity index is 1.88. The summed E-state index contributed by atoms with van der Waals surface area (Å²) in [4.78, 5) is 35.5. The summed E-state index contributed by atoms with van der Waals surface area (Å²) in [6.07, 6.45) is 8.69. The summed E-state index contributed by atoms with van der Waals surface area (Å²) < 4.78 is 0. The number of likely N-dealkylation sites (N-methyl/N-ethyl adjacent to an activating group) is 1. The van der Waals surface area contributed by atoms with E-state index in [-0.39, 0.29) is 11.6 Å². The van der Waals surface area contributed by atoms with Gasteiger partial charge >= 0.3 is 0 Å². The monoisotopic (exact) mass is 345 g/mol. The summed E-state index contributed by atoms with van der Waals surface area (Å²) in [6.45, 7) is 2.31. The zero-order valence-corrected chi connectivity index (χ0v) is 15.0. The molecule has 1 aliphatic heterocycles. The van der Waals surface area contributed by atoms with Crippen molar-refractivity contribution in [1.29, 1.82) is 0 Å². The number of amides is 2. The Kier molecular flexibility index (Phi) is 7.06. The predicted molar refractivity (Wildman–Crippen MR) is 95.9 cm³/mol. The highest BCUT2D eigenvalue weighted by molar-refractivity contribution is 5.90. The number of hydrogen-bond donors (Lipinski definition) is 1. The molecule has 136 valence electrons. The van der Waals surface area contributed by atoms with E-state index in [1.54, 1.807) is 12.1 Å². The van der Waals surface area contributed by atoms with Crippen LogP contribution < -0.4 is 5.73 Å². The molecule has 1 fully saturated rings. The average molecular weight is 345 g/mol. The Morgan fingerprint density at radius 2 is 2.12 bits per heavy atom. The van der Waals surface area contributed by atoms with Crippen molar-refractivity contribution in [3.05, 3.63) is 35.9 Å². The van der Waals surface area contributed by atoms with Gasteiger partial charge in [0.2, 0.25) is 5.91 Å². The van der Waals surface area contributed by atoms with E-state index < -0.39 is 5.91 Å². The Morgan fingerprint density at radius 1 is 1.32 bits per heavy atom. The first-order valence-corrected chi connectivity index (χ1v) is 8.66. The van der Waals surface area contributed by atoms with Crippen LogP contribution in [0, 0.1) is 5.92 Å². The molecule has 0 saturated carbocycles. The van der Waals surface area contributed by atoms with Gasteiger partial charge in [0.15, 0.2) is 0 Å². The number of primary amides is 1. The van der Waals surface area contributed by atoms with Gasteiger partial charge in [-0.05, 0) is 51.8 Å². The van der Waals surface area contributed by atoms with E-state index in [1.807, 2.05) is 30.0 Å². The van der Waals surface area contributed by atoms with Gasteiger partial charge in [-0.25, -0.2) is 9.97 Å². The topological polar surface area (TPSA) is 92.4 Å². The Morgan fingerprint density at radius 3 is 2.84 bits per heavy atom. The van der Waals surface area contributed by atoms with Gasteiger partial charge in [0.1, 0.15) is 12.0 Å². The van der Waals surface area contributed by atoms with Crippen molar-refractivity contribution in [2.75, 3.05) is 33.7 Å². The molecule has 1 aromatic heterocycles. The van der Waals surface area contributed by atoms with E-state index in [9.17, 15) is 9.59 Å². The number of aromatic nitrogens is 2. The summed E-state index contributed by atoms with van der Waals surface area (Å²) in [5, 5.41) is 0. The third-order valence-corrected chi connectivity index (χ3v) is 4.36. The zero-order chi connectivity index (χ0) is 18.2. The van der Waals surface area contributed by atoms with Crippen molar-refractivity contribution in [1.82, 2.24) is 19.8 Å². The van der Waals surface area contributed by atoms with Gasteiger partial charge in [0.25, 0.3) is 5.91 Å². The second kappa shape index (κ2) is 9.27. The van der Waals surface area contributed by atoms with Crippen molar-refractivity contribution < 1.29 is 9.59 Å². The number of nitrogens with zero attached hydrogens (tertiary/aromatic N) is 4. The van der Waals surface area contributed by atoms with Crippen LogP contribution in [0.25, 0.3) is 0 Å². The van der Waals surface area contributed by atoms with Gasteiger partial charge in [-0.3, -0.25) is 9.59 Å². The normalized spacial score (nSPS) is 18.5. The third kappa shape index (κ3) is 6.26. The number of rotatable bonds is 6. The molecule has 0 bridgehead atoms. The molecule has 1 atom stereocenters. The molecule has 1 saturated heterocycles. The van der Waals surface area contributed by atoms with E-state index in [2.05, 4.69) is 9.97 Å². The van der Waals surface area contributed by atoms with Gasteiger partial charge in [-0.1, -0.05) is 6.08 Å². The summed E-state index contributed by atoms with van der Waals surface area (Å²) in [5.74, 6) is -0.00877. The molecular formula is C18H27N5O2. The maximum Gasteiger partial charge on any atom is 0.267 e. The van der Waals surface area contributed by atoms with Crippen LogP contribution in [0.15, 0.2) is 24.5 Å². The van der Waals surface area contributed by atoms with Crippen LogP contribution in [0.3, 0.4) is 0 Å². The summed E-state index contributed by atoms with van der Waals surface area (Å²) in [6, 6.07) is 1.67. The number of likely N-dealkylation sites (tertiary alicyclic amines) is 1. The molecule has 7 heteroatoms. The van der Waals surface area contributed by atoms with Crippen molar-refractivity contribution in [3.63, 3.8) is 0 Å². The highest BCUT2D eigenvalue weighted by atomic mass is 16.2. The molecule has 2 amide bonds. The maximum atomic E-state index is 12.3. The Labute approximate surface area is 148 Å². The van der Waals surface area contributed by atoms with Crippen molar-refractivity contribution in [3.8, 4) is 0 Å². The fourth-order valence-electron chi connectivity index (χ4n) is 3.00. The molecule has 1 aliphatic rings. The minimum Gasteiger partial charge on any atom is -0.364 e. The van der Waals surface area contributed by atoms with Crippen LogP contribution in [-0.2, 0) is 11.2 Å². The summed E-state index contributed by atoms with van der Waals surface area (Å²) in [5.41, 5.74) is 6.35. The lowest BCUT2D eigenvalue weighted by molar-refractivity contribution is -0.126. The fraction of sp³-hybridized carbons (Fsp3) is 0.556. The van der Waals surface area contributed by atoms with Crippen LogP contribution in [-0.4, -0.2) is 65.3 Å². The predicted octanol–water partition coefficient (Wildman–Crippen LogP) is 0.865. The molecule has 0 spiro atoms. The van der Waals surface area contributed by atoms with Crippen molar-refractivity contribution >= 4 is 11.8 Å². The molecule has 2 N–H and O–H groups in total. The van der Waals surface area contributed by atoms with Gasteiger partial charge in [0, 0.05) is 31.4 Å². The quantitative estimate of drug-likeness (QED) is 0.772. The van der Waals surface area contributed by atoms with E-state index in [1.165, 1.54) is 6.33 Å². The first kappa shape index (κ1) is 19.1.